The Morgan fingerprint density at radius 3 is 2.76 bits per heavy atom. The molecule has 1 fully saturated rings. The molecule has 0 spiro atoms. The lowest BCUT2D eigenvalue weighted by atomic mass is 10.1. The Kier molecular flexibility index (Phi) is 4.70. The maximum absolute atomic E-state index is 5.42. The van der Waals surface area contributed by atoms with Gasteiger partial charge in [0.1, 0.15) is 0 Å². The van der Waals surface area contributed by atoms with Crippen molar-refractivity contribution in [1.82, 2.24) is 15.5 Å². The molecule has 1 aliphatic carbocycles. The molecule has 1 saturated carbocycles. The van der Waals surface area contributed by atoms with Crippen LogP contribution in [0.25, 0.3) is 11.4 Å². The molecule has 1 heterocycles. The van der Waals surface area contributed by atoms with Crippen molar-refractivity contribution in [1.29, 1.82) is 0 Å². The Labute approximate surface area is 133 Å². The van der Waals surface area contributed by atoms with Gasteiger partial charge in [-0.2, -0.15) is 4.98 Å². The lowest BCUT2D eigenvalue weighted by molar-refractivity contribution is 0.346. The van der Waals surface area contributed by atoms with Crippen LogP contribution >= 0.6 is 15.9 Å². The average molecular weight is 350 g/mol. The van der Waals surface area contributed by atoms with Crippen molar-refractivity contribution in [3.05, 3.63) is 34.6 Å². The zero-order chi connectivity index (χ0) is 14.7. The molecular formula is C16H20BrN3O. The Balaban J connectivity index is 1.67. The number of aromatic nitrogens is 2. The van der Waals surface area contributed by atoms with E-state index in [9.17, 15) is 0 Å². The van der Waals surface area contributed by atoms with Crippen LogP contribution in [0.2, 0.25) is 0 Å². The number of hydrogen-bond donors (Lipinski definition) is 1. The highest BCUT2D eigenvalue weighted by Crippen LogP contribution is 2.34. The van der Waals surface area contributed by atoms with Gasteiger partial charge in [0, 0.05) is 22.5 Å². The number of nitrogens with one attached hydrogen (secondary N) is 1. The summed E-state index contributed by atoms with van der Waals surface area (Å²) in [6, 6.07) is 8.43. The summed E-state index contributed by atoms with van der Waals surface area (Å²) in [6.07, 6.45) is 4.61. The maximum atomic E-state index is 5.42. The average Bonchev–Trinajstić information content (AvgIpc) is 3.24. The minimum atomic E-state index is 0.475. The van der Waals surface area contributed by atoms with Gasteiger partial charge in [-0.1, -0.05) is 28.0 Å². The third-order valence-corrected chi connectivity index (χ3v) is 4.34. The van der Waals surface area contributed by atoms with Gasteiger partial charge in [-0.3, -0.25) is 0 Å². The molecule has 1 aromatic heterocycles. The third-order valence-electron chi connectivity index (χ3n) is 3.81. The summed E-state index contributed by atoms with van der Waals surface area (Å²) >= 11 is 3.43. The van der Waals surface area contributed by atoms with E-state index in [4.69, 9.17) is 4.52 Å². The van der Waals surface area contributed by atoms with Crippen molar-refractivity contribution >= 4 is 15.9 Å². The van der Waals surface area contributed by atoms with Crippen LogP contribution in [0, 0.1) is 5.92 Å². The van der Waals surface area contributed by atoms with Crippen molar-refractivity contribution < 1.29 is 4.52 Å². The summed E-state index contributed by atoms with van der Waals surface area (Å²) in [5, 5.41) is 7.70. The zero-order valence-corrected chi connectivity index (χ0v) is 13.8. The van der Waals surface area contributed by atoms with E-state index in [-0.39, 0.29) is 0 Å². The standard InChI is InChI=1S/C16H20BrN3O/c1-2-9-18-14(11-3-4-11)10-15-19-16(20-21-15)12-5-7-13(17)8-6-12/h5-8,11,14,18H,2-4,9-10H2,1H3. The lowest BCUT2D eigenvalue weighted by Gasteiger charge is -2.15. The summed E-state index contributed by atoms with van der Waals surface area (Å²) in [5.41, 5.74) is 0.984. The third kappa shape index (κ3) is 3.92. The van der Waals surface area contributed by atoms with Gasteiger partial charge >= 0.3 is 0 Å². The maximum Gasteiger partial charge on any atom is 0.228 e. The molecule has 1 N–H and O–H groups in total. The number of rotatable bonds is 7. The summed E-state index contributed by atoms with van der Waals surface area (Å²) in [5.74, 6) is 2.18. The minimum absolute atomic E-state index is 0.475. The molecule has 1 aromatic carbocycles. The molecule has 21 heavy (non-hydrogen) atoms. The van der Waals surface area contributed by atoms with E-state index in [0.717, 1.165) is 41.2 Å². The molecule has 3 rings (SSSR count). The van der Waals surface area contributed by atoms with Crippen LogP contribution in [0.4, 0.5) is 0 Å². The van der Waals surface area contributed by atoms with Crippen molar-refractivity contribution in [2.45, 2.75) is 38.6 Å². The quantitative estimate of drug-likeness (QED) is 0.825. The van der Waals surface area contributed by atoms with E-state index in [2.05, 4.69) is 38.3 Å². The van der Waals surface area contributed by atoms with Crippen LogP contribution in [-0.4, -0.2) is 22.7 Å². The molecular weight excluding hydrogens is 330 g/mol. The fourth-order valence-corrected chi connectivity index (χ4v) is 2.74. The van der Waals surface area contributed by atoms with E-state index in [1.807, 2.05) is 24.3 Å². The summed E-state index contributed by atoms with van der Waals surface area (Å²) in [4.78, 5) is 4.54. The molecule has 1 aliphatic rings. The molecule has 2 aromatic rings. The molecule has 0 bridgehead atoms. The molecule has 0 saturated heterocycles. The van der Waals surface area contributed by atoms with Crippen molar-refractivity contribution in [3.8, 4) is 11.4 Å². The summed E-state index contributed by atoms with van der Waals surface area (Å²) < 4.78 is 6.47. The second-order valence-corrected chi connectivity index (χ2v) is 6.54. The van der Waals surface area contributed by atoms with Gasteiger partial charge in [0.25, 0.3) is 0 Å². The van der Waals surface area contributed by atoms with Crippen LogP contribution in [0.1, 0.15) is 32.1 Å². The fraction of sp³-hybridized carbons (Fsp3) is 0.500. The van der Waals surface area contributed by atoms with Gasteiger partial charge < -0.3 is 9.84 Å². The van der Waals surface area contributed by atoms with Gasteiger partial charge in [0.15, 0.2) is 0 Å². The smallest absolute Gasteiger partial charge is 0.228 e. The van der Waals surface area contributed by atoms with Gasteiger partial charge in [0.2, 0.25) is 11.7 Å². The summed E-state index contributed by atoms with van der Waals surface area (Å²) in [6.45, 7) is 3.24. The lowest BCUT2D eigenvalue weighted by Crippen LogP contribution is -2.33. The summed E-state index contributed by atoms with van der Waals surface area (Å²) in [7, 11) is 0. The van der Waals surface area contributed by atoms with Crippen LogP contribution in [0.5, 0.6) is 0 Å². The monoisotopic (exact) mass is 349 g/mol. The van der Waals surface area contributed by atoms with Gasteiger partial charge in [0.05, 0.1) is 0 Å². The second-order valence-electron chi connectivity index (χ2n) is 5.62. The molecule has 5 heteroatoms. The Morgan fingerprint density at radius 1 is 1.33 bits per heavy atom. The van der Waals surface area contributed by atoms with Gasteiger partial charge in [-0.05, 0) is 56.0 Å². The number of halogens is 1. The Morgan fingerprint density at radius 2 is 2.10 bits per heavy atom. The SMILES string of the molecule is CCCNC(Cc1nc(-c2ccc(Br)cc2)no1)C1CC1. The molecule has 112 valence electrons. The second kappa shape index (κ2) is 6.71. The molecule has 1 unspecified atom stereocenters. The molecule has 0 amide bonds. The highest BCUT2D eigenvalue weighted by atomic mass is 79.9. The van der Waals surface area contributed by atoms with Crippen molar-refractivity contribution in [2.24, 2.45) is 5.92 Å². The Bertz CT molecular complexity index is 577. The zero-order valence-electron chi connectivity index (χ0n) is 12.2. The van der Waals surface area contributed by atoms with E-state index < -0.39 is 0 Å². The predicted octanol–water partition coefficient (Wildman–Crippen LogP) is 3.82. The molecule has 4 nitrogen and oxygen atoms in total. The predicted molar refractivity (Wildman–Crippen MR) is 85.9 cm³/mol. The number of benzene rings is 1. The fourth-order valence-electron chi connectivity index (χ4n) is 2.48. The van der Waals surface area contributed by atoms with Crippen molar-refractivity contribution in [3.63, 3.8) is 0 Å². The minimum Gasteiger partial charge on any atom is -0.339 e. The first kappa shape index (κ1) is 14.7. The van der Waals surface area contributed by atoms with Gasteiger partial charge in [-0.25, -0.2) is 0 Å². The first-order valence-corrected chi connectivity index (χ1v) is 8.37. The van der Waals surface area contributed by atoms with E-state index in [0.29, 0.717) is 11.9 Å². The van der Waals surface area contributed by atoms with E-state index in [1.165, 1.54) is 12.8 Å². The Hall–Kier alpha value is -1.20. The van der Waals surface area contributed by atoms with Crippen LogP contribution in [0.15, 0.2) is 33.3 Å². The molecule has 0 radical (unpaired) electrons. The first-order chi connectivity index (χ1) is 10.3. The topological polar surface area (TPSA) is 51.0 Å². The number of nitrogens with zero attached hydrogens (tertiary/aromatic N) is 2. The van der Waals surface area contributed by atoms with Crippen molar-refractivity contribution in [2.75, 3.05) is 6.54 Å². The first-order valence-electron chi connectivity index (χ1n) is 7.58. The van der Waals surface area contributed by atoms with Gasteiger partial charge in [-0.15, -0.1) is 0 Å². The normalized spacial score (nSPS) is 16.1. The van der Waals surface area contributed by atoms with Crippen LogP contribution in [0.3, 0.4) is 0 Å². The molecule has 1 atom stereocenters. The largest absolute Gasteiger partial charge is 0.339 e. The highest BCUT2D eigenvalue weighted by molar-refractivity contribution is 9.10. The van der Waals surface area contributed by atoms with Crippen LogP contribution < -0.4 is 5.32 Å². The van der Waals surface area contributed by atoms with E-state index >= 15 is 0 Å². The number of hydrogen-bond acceptors (Lipinski definition) is 4. The van der Waals surface area contributed by atoms with Crippen LogP contribution in [-0.2, 0) is 6.42 Å². The van der Waals surface area contributed by atoms with E-state index in [1.54, 1.807) is 0 Å². The highest BCUT2D eigenvalue weighted by Gasteiger charge is 2.32. The molecule has 0 aliphatic heterocycles.